The van der Waals surface area contributed by atoms with Crippen molar-refractivity contribution >= 4 is 6.03 Å². The van der Waals surface area contributed by atoms with Crippen LogP contribution in [0.15, 0.2) is 0 Å². The molecule has 16 heavy (non-hydrogen) atoms. The van der Waals surface area contributed by atoms with E-state index in [1.807, 2.05) is 6.92 Å². The Balaban J connectivity index is 2.09. The summed E-state index contributed by atoms with van der Waals surface area (Å²) in [5.74, 6) is 0.402. The molecule has 0 aromatic heterocycles. The average molecular weight is 230 g/mol. The van der Waals surface area contributed by atoms with Gasteiger partial charge in [-0.15, -0.1) is 0 Å². The number of ether oxygens (including phenoxy) is 1. The van der Waals surface area contributed by atoms with E-state index in [1.54, 1.807) is 7.05 Å². The van der Waals surface area contributed by atoms with Crippen molar-refractivity contribution in [3.8, 4) is 0 Å². The summed E-state index contributed by atoms with van der Waals surface area (Å²) in [6.45, 7) is 4.02. The Labute approximate surface area is 96.8 Å². The molecule has 2 N–H and O–H groups in total. The lowest BCUT2D eigenvalue weighted by atomic mass is 10.2. The normalized spacial score (nSPS) is 16.9. The molecule has 0 heterocycles. The summed E-state index contributed by atoms with van der Waals surface area (Å²) in [4.78, 5) is 13.1. The van der Waals surface area contributed by atoms with Crippen LogP contribution in [-0.4, -0.2) is 55.5 Å². The maximum absolute atomic E-state index is 11.5. The molecule has 5 heteroatoms. The molecule has 1 aliphatic carbocycles. The molecule has 0 aliphatic heterocycles. The van der Waals surface area contributed by atoms with Crippen molar-refractivity contribution < 1.29 is 14.6 Å². The highest BCUT2D eigenvalue weighted by atomic mass is 16.5. The number of nitrogens with one attached hydrogen (secondary N) is 1. The molecule has 0 aromatic rings. The molecular weight excluding hydrogens is 208 g/mol. The fourth-order valence-corrected chi connectivity index (χ4v) is 1.50. The lowest BCUT2D eigenvalue weighted by molar-refractivity contribution is 0.111. The zero-order valence-electron chi connectivity index (χ0n) is 10.1. The van der Waals surface area contributed by atoms with Gasteiger partial charge in [0.15, 0.2) is 0 Å². The summed E-state index contributed by atoms with van der Waals surface area (Å²) < 4.78 is 5.11. The van der Waals surface area contributed by atoms with E-state index in [1.165, 1.54) is 4.90 Å². The van der Waals surface area contributed by atoms with Gasteiger partial charge in [0.05, 0.1) is 12.7 Å². The van der Waals surface area contributed by atoms with Crippen LogP contribution < -0.4 is 5.32 Å². The monoisotopic (exact) mass is 230 g/mol. The van der Waals surface area contributed by atoms with Gasteiger partial charge in [-0.25, -0.2) is 4.79 Å². The van der Waals surface area contributed by atoms with Gasteiger partial charge in [0, 0.05) is 26.7 Å². The number of urea groups is 1. The van der Waals surface area contributed by atoms with Gasteiger partial charge in [0.1, 0.15) is 0 Å². The van der Waals surface area contributed by atoms with Crippen LogP contribution in [0.3, 0.4) is 0 Å². The number of amides is 2. The Hall–Kier alpha value is -0.810. The highest BCUT2D eigenvalue weighted by Gasteiger charge is 2.30. The first-order valence-corrected chi connectivity index (χ1v) is 5.90. The number of hydrogen-bond acceptors (Lipinski definition) is 3. The van der Waals surface area contributed by atoms with Crippen molar-refractivity contribution in [2.24, 2.45) is 5.92 Å². The highest BCUT2D eigenvalue weighted by molar-refractivity contribution is 5.73. The zero-order valence-corrected chi connectivity index (χ0v) is 10.1. The maximum atomic E-state index is 11.5. The number of nitrogens with zero attached hydrogens (tertiary/aromatic N) is 1. The molecule has 1 unspecified atom stereocenters. The van der Waals surface area contributed by atoms with Crippen LogP contribution in [0.4, 0.5) is 4.79 Å². The molecule has 0 bridgehead atoms. The lowest BCUT2D eigenvalue weighted by Gasteiger charge is -2.21. The summed E-state index contributed by atoms with van der Waals surface area (Å²) in [5, 5.41) is 12.4. The predicted octanol–water partition coefficient (Wildman–Crippen LogP) is 0.435. The Morgan fingerprint density at radius 3 is 2.88 bits per heavy atom. The predicted molar refractivity (Wildman–Crippen MR) is 61.3 cm³/mol. The van der Waals surface area contributed by atoms with Crippen molar-refractivity contribution in [1.29, 1.82) is 0 Å². The molecule has 0 saturated heterocycles. The second-order valence-electron chi connectivity index (χ2n) is 4.21. The summed E-state index contributed by atoms with van der Waals surface area (Å²) >= 11 is 0. The largest absolute Gasteiger partial charge is 0.391 e. The summed E-state index contributed by atoms with van der Waals surface area (Å²) in [5.41, 5.74) is 0. The number of carbonyl (C=O) groups is 1. The zero-order chi connectivity index (χ0) is 12.0. The molecule has 2 amide bonds. The van der Waals surface area contributed by atoms with Crippen molar-refractivity contribution in [3.05, 3.63) is 0 Å². The minimum Gasteiger partial charge on any atom is -0.391 e. The quantitative estimate of drug-likeness (QED) is 0.624. The average Bonchev–Trinajstić information content (AvgIpc) is 3.07. The van der Waals surface area contributed by atoms with Crippen LogP contribution in [0.25, 0.3) is 0 Å². The Kier molecular flexibility index (Phi) is 5.55. The first kappa shape index (κ1) is 13.3. The number of carbonyl (C=O) groups excluding carboxylic acids is 1. The van der Waals surface area contributed by atoms with Gasteiger partial charge in [-0.05, 0) is 25.7 Å². The van der Waals surface area contributed by atoms with E-state index in [4.69, 9.17) is 4.74 Å². The number of likely N-dealkylation sites (N-methyl/N-ethyl adjacent to an activating group) is 1. The van der Waals surface area contributed by atoms with E-state index in [-0.39, 0.29) is 12.1 Å². The van der Waals surface area contributed by atoms with Crippen molar-refractivity contribution in [2.75, 3.05) is 33.4 Å². The molecule has 0 radical (unpaired) electrons. The number of hydrogen-bond donors (Lipinski definition) is 2. The molecule has 1 fully saturated rings. The summed E-state index contributed by atoms with van der Waals surface area (Å²) in [6.07, 6.45) is 1.80. The third kappa shape index (κ3) is 4.81. The van der Waals surface area contributed by atoms with E-state index >= 15 is 0 Å². The minimum atomic E-state index is -0.373. The Bertz CT molecular complexity index is 219. The third-order valence-electron chi connectivity index (χ3n) is 2.70. The smallest absolute Gasteiger partial charge is 0.317 e. The van der Waals surface area contributed by atoms with Gasteiger partial charge in [0.25, 0.3) is 0 Å². The van der Waals surface area contributed by atoms with Gasteiger partial charge in [-0.2, -0.15) is 0 Å². The summed E-state index contributed by atoms with van der Waals surface area (Å²) in [7, 11) is 1.70. The number of aliphatic hydroxyl groups excluding tert-OH is 1. The van der Waals surface area contributed by atoms with E-state index < -0.39 is 0 Å². The van der Waals surface area contributed by atoms with Crippen molar-refractivity contribution in [2.45, 2.75) is 25.9 Å². The van der Waals surface area contributed by atoms with Gasteiger partial charge in [0.2, 0.25) is 0 Å². The topological polar surface area (TPSA) is 61.8 Å². The fraction of sp³-hybridized carbons (Fsp3) is 0.909. The number of aliphatic hydroxyl groups is 1. The van der Waals surface area contributed by atoms with Gasteiger partial charge >= 0.3 is 6.03 Å². The SMILES string of the molecule is CCOCCNC(=O)N(C)CC(O)C1CC1. The molecule has 0 spiro atoms. The van der Waals surface area contributed by atoms with E-state index in [0.717, 1.165) is 12.8 Å². The van der Waals surface area contributed by atoms with E-state index in [0.29, 0.717) is 32.2 Å². The maximum Gasteiger partial charge on any atom is 0.317 e. The van der Waals surface area contributed by atoms with Gasteiger partial charge < -0.3 is 20.1 Å². The Morgan fingerprint density at radius 2 is 2.31 bits per heavy atom. The van der Waals surface area contributed by atoms with Crippen LogP contribution in [-0.2, 0) is 4.74 Å². The van der Waals surface area contributed by atoms with Crippen molar-refractivity contribution in [3.63, 3.8) is 0 Å². The molecular formula is C11H22N2O3. The molecule has 1 aliphatic rings. The molecule has 0 aromatic carbocycles. The van der Waals surface area contributed by atoms with E-state index in [9.17, 15) is 9.90 Å². The Morgan fingerprint density at radius 1 is 1.62 bits per heavy atom. The van der Waals surface area contributed by atoms with Crippen molar-refractivity contribution in [1.82, 2.24) is 10.2 Å². The second-order valence-corrected chi connectivity index (χ2v) is 4.21. The fourth-order valence-electron chi connectivity index (χ4n) is 1.50. The van der Waals surface area contributed by atoms with E-state index in [2.05, 4.69) is 5.32 Å². The van der Waals surface area contributed by atoms with Crippen LogP contribution in [0.2, 0.25) is 0 Å². The lowest BCUT2D eigenvalue weighted by Crippen LogP contribution is -2.42. The van der Waals surface area contributed by atoms with Gasteiger partial charge in [-0.3, -0.25) is 0 Å². The van der Waals surface area contributed by atoms with Crippen LogP contribution in [0.1, 0.15) is 19.8 Å². The van der Waals surface area contributed by atoms with Crippen LogP contribution in [0.5, 0.6) is 0 Å². The van der Waals surface area contributed by atoms with Gasteiger partial charge in [-0.1, -0.05) is 0 Å². The highest BCUT2D eigenvalue weighted by Crippen LogP contribution is 2.32. The second kappa shape index (κ2) is 6.70. The minimum absolute atomic E-state index is 0.153. The number of rotatable bonds is 7. The molecule has 1 rings (SSSR count). The van der Waals surface area contributed by atoms with Crippen LogP contribution >= 0.6 is 0 Å². The molecule has 94 valence electrons. The molecule has 1 saturated carbocycles. The van der Waals surface area contributed by atoms with Crippen LogP contribution in [0, 0.1) is 5.92 Å². The first-order valence-electron chi connectivity index (χ1n) is 5.90. The standard InChI is InChI=1S/C11H22N2O3/c1-3-16-7-6-12-11(15)13(2)8-10(14)9-4-5-9/h9-10,14H,3-8H2,1-2H3,(H,12,15). The third-order valence-corrected chi connectivity index (χ3v) is 2.70. The first-order chi connectivity index (χ1) is 7.65. The molecule has 5 nitrogen and oxygen atoms in total. The molecule has 1 atom stereocenters. The summed E-state index contributed by atoms with van der Waals surface area (Å²) in [6, 6.07) is -0.153.